The molecule has 1 fully saturated rings. The quantitative estimate of drug-likeness (QED) is 0.733. The number of aromatic nitrogens is 1. The first-order valence-electron chi connectivity index (χ1n) is 5.53. The van der Waals surface area contributed by atoms with Gasteiger partial charge in [-0.1, -0.05) is 0 Å². The number of ether oxygens (including phenoxy) is 1. The van der Waals surface area contributed by atoms with Crippen molar-refractivity contribution in [2.24, 2.45) is 0 Å². The number of hydrogen-bond acceptors (Lipinski definition) is 4. The van der Waals surface area contributed by atoms with Gasteiger partial charge in [0.2, 0.25) is 0 Å². The number of oxazole rings is 1. The van der Waals surface area contributed by atoms with E-state index in [4.69, 9.17) is 9.15 Å². The van der Waals surface area contributed by atoms with E-state index in [-0.39, 0.29) is 0 Å². The number of nitrogens with zero attached hydrogens (tertiary/aromatic N) is 2. The molecular formula is C12H14N2O2. The highest BCUT2D eigenvalue weighted by Gasteiger charge is 2.12. The Kier molecular flexibility index (Phi) is 2.29. The van der Waals surface area contributed by atoms with E-state index in [9.17, 15) is 0 Å². The van der Waals surface area contributed by atoms with Crippen molar-refractivity contribution < 1.29 is 9.15 Å². The summed E-state index contributed by atoms with van der Waals surface area (Å²) in [5, 5.41) is 0. The molecule has 2 heterocycles. The van der Waals surface area contributed by atoms with Crippen LogP contribution in [-0.4, -0.2) is 31.3 Å². The molecule has 4 heteroatoms. The summed E-state index contributed by atoms with van der Waals surface area (Å²) >= 11 is 0. The maximum absolute atomic E-state index is 5.46. The Bertz CT molecular complexity index is 501. The van der Waals surface area contributed by atoms with Crippen molar-refractivity contribution >= 4 is 16.8 Å². The van der Waals surface area contributed by atoms with Crippen LogP contribution in [0.4, 0.5) is 5.69 Å². The number of morpholine rings is 1. The van der Waals surface area contributed by atoms with Crippen LogP contribution in [0, 0.1) is 6.92 Å². The molecule has 0 unspecified atom stereocenters. The van der Waals surface area contributed by atoms with Gasteiger partial charge in [0.1, 0.15) is 5.52 Å². The zero-order valence-corrected chi connectivity index (χ0v) is 9.27. The average molecular weight is 218 g/mol. The second-order valence-corrected chi connectivity index (χ2v) is 3.98. The van der Waals surface area contributed by atoms with Gasteiger partial charge in [-0.25, -0.2) is 4.98 Å². The highest BCUT2D eigenvalue weighted by molar-refractivity contribution is 5.77. The van der Waals surface area contributed by atoms with Gasteiger partial charge in [0.05, 0.1) is 13.2 Å². The van der Waals surface area contributed by atoms with Crippen LogP contribution in [0.3, 0.4) is 0 Å². The summed E-state index contributed by atoms with van der Waals surface area (Å²) in [7, 11) is 0. The van der Waals surface area contributed by atoms with Crippen LogP contribution in [0.2, 0.25) is 0 Å². The number of rotatable bonds is 1. The van der Waals surface area contributed by atoms with Gasteiger partial charge in [-0.05, 0) is 18.2 Å². The minimum Gasteiger partial charge on any atom is -0.441 e. The fourth-order valence-electron chi connectivity index (χ4n) is 2.05. The lowest BCUT2D eigenvalue weighted by molar-refractivity contribution is 0.122. The second kappa shape index (κ2) is 3.79. The molecule has 2 aromatic rings. The third kappa shape index (κ3) is 1.65. The summed E-state index contributed by atoms with van der Waals surface area (Å²) in [6, 6.07) is 6.15. The molecule has 1 aromatic carbocycles. The van der Waals surface area contributed by atoms with Crippen LogP contribution in [0.25, 0.3) is 11.1 Å². The molecule has 0 atom stereocenters. The fraction of sp³-hybridized carbons (Fsp3) is 0.417. The first kappa shape index (κ1) is 9.66. The van der Waals surface area contributed by atoms with E-state index in [1.807, 2.05) is 13.0 Å². The van der Waals surface area contributed by atoms with Crippen LogP contribution in [0.1, 0.15) is 5.89 Å². The van der Waals surface area contributed by atoms with Gasteiger partial charge in [-0.2, -0.15) is 0 Å². The van der Waals surface area contributed by atoms with Crippen molar-refractivity contribution in [2.45, 2.75) is 6.92 Å². The number of fused-ring (bicyclic) bond motifs is 1. The summed E-state index contributed by atoms with van der Waals surface area (Å²) < 4.78 is 10.8. The fourth-order valence-corrected chi connectivity index (χ4v) is 2.05. The van der Waals surface area contributed by atoms with E-state index in [1.165, 1.54) is 5.69 Å². The molecule has 1 aromatic heterocycles. The minimum absolute atomic E-state index is 0.717. The smallest absolute Gasteiger partial charge is 0.192 e. The minimum atomic E-state index is 0.717. The van der Waals surface area contributed by atoms with Crippen LogP contribution in [0.15, 0.2) is 22.6 Å². The van der Waals surface area contributed by atoms with Crippen LogP contribution < -0.4 is 4.90 Å². The Hall–Kier alpha value is -1.55. The van der Waals surface area contributed by atoms with Crippen LogP contribution in [0.5, 0.6) is 0 Å². The van der Waals surface area contributed by atoms with E-state index < -0.39 is 0 Å². The lowest BCUT2D eigenvalue weighted by atomic mass is 10.2. The number of benzene rings is 1. The molecule has 1 aliphatic rings. The molecule has 0 bridgehead atoms. The first-order valence-corrected chi connectivity index (χ1v) is 5.53. The SMILES string of the molecule is Cc1nc2cc(N3CCOCC3)ccc2o1. The molecule has 0 amide bonds. The van der Waals surface area contributed by atoms with Crippen LogP contribution >= 0.6 is 0 Å². The van der Waals surface area contributed by atoms with E-state index in [0.29, 0.717) is 5.89 Å². The van der Waals surface area contributed by atoms with Gasteiger partial charge in [0.15, 0.2) is 11.5 Å². The van der Waals surface area contributed by atoms with Gasteiger partial charge in [-0.15, -0.1) is 0 Å². The van der Waals surface area contributed by atoms with Crippen molar-refractivity contribution in [3.8, 4) is 0 Å². The maximum atomic E-state index is 5.46. The molecular weight excluding hydrogens is 204 g/mol. The molecule has 0 radical (unpaired) electrons. The number of anilines is 1. The summed E-state index contributed by atoms with van der Waals surface area (Å²) in [6.07, 6.45) is 0. The largest absolute Gasteiger partial charge is 0.441 e. The van der Waals surface area contributed by atoms with Gasteiger partial charge in [0, 0.05) is 25.7 Å². The zero-order chi connectivity index (χ0) is 11.0. The van der Waals surface area contributed by atoms with Crippen molar-refractivity contribution in [3.63, 3.8) is 0 Å². The predicted octanol–water partition coefficient (Wildman–Crippen LogP) is 1.97. The molecule has 0 N–H and O–H groups in total. The number of hydrogen-bond donors (Lipinski definition) is 0. The normalized spacial score (nSPS) is 16.9. The summed E-state index contributed by atoms with van der Waals surface area (Å²) in [4.78, 5) is 6.66. The third-order valence-electron chi connectivity index (χ3n) is 2.85. The molecule has 16 heavy (non-hydrogen) atoms. The topological polar surface area (TPSA) is 38.5 Å². The summed E-state index contributed by atoms with van der Waals surface area (Å²) in [6.45, 7) is 5.37. The van der Waals surface area contributed by atoms with Gasteiger partial charge < -0.3 is 14.1 Å². The highest BCUT2D eigenvalue weighted by Crippen LogP contribution is 2.23. The molecule has 4 nitrogen and oxygen atoms in total. The van der Waals surface area contributed by atoms with Gasteiger partial charge >= 0.3 is 0 Å². The van der Waals surface area contributed by atoms with Crippen molar-refractivity contribution in [1.82, 2.24) is 4.98 Å². The van der Waals surface area contributed by atoms with Crippen molar-refractivity contribution in [1.29, 1.82) is 0 Å². The molecule has 1 aliphatic heterocycles. The maximum Gasteiger partial charge on any atom is 0.192 e. The van der Waals surface area contributed by atoms with E-state index >= 15 is 0 Å². The lowest BCUT2D eigenvalue weighted by Gasteiger charge is -2.28. The monoisotopic (exact) mass is 218 g/mol. The Morgan fingerprint density at radius 3 is 2.88 bits per heavy atom. The zero-order valence-electron chi connectivity index (χ0n) is 9.27. The average Bonchev–Trinajstić information content (AvgIpc) is 2.69. The summed E-state index contributed by atoms with van der Waals surface area (Å²) in [5.41, 5.74) is 2.99. The second-order valence-electron chi connectivity index (χ2n) is 3.98. The Morgan fingerprint density at radius 2 is 2.06 bits per heavy atom. The summed E-state index contributed by atoms with van der Waals surface area (Å²) in [5.74, 6) is 0.717. The molecule has 0 spiro atoms. The Balaban J connectivity index is 1.97. The molecule has 3 rings (SSSR count). The molecule has 0 aliphatic carbocycles. The lowest BCUT2D eigenvalue weighted by Crippen LogP contribution is -2.36. The predicted molar refractivity (Wildman–Crippen MR) is 61.8 cm³/mol. The van der Waals surface area contributed by atoms with Crippen LogP contribution in [-0.2, 0) is 4.74 Å². The van der Waals surface area contributed by atoms with Gasteiger partial charge in [0.25, 0.3) is 0 Å². The van der Waals surface area contributed by atoms with Crippen molar-refractivity contribution in [3.05, 3.63) is 24.1 Å². The Labute approximate surface area is 93.8 Å². The Morgan fingerprint density at radius 1 is 1.25 bits per heavy atom. The standard InChI is InChI=1S/C12H14N2O2/c1-9-13-11-8-10(2-3-12(11)16-9)14-4-6-15-7-5-14/h2-3,8H,4-7H2,1H3. The molecule has 0 saturated carbocycles. The third-order valence-corrected chi connectivity index (χ3v) is 2.85. The van der Waals surface area contributed by atoms with E-state index in [2.05, 4.69) is 22.0 Å². The van der Waals surface area contributed by atoms with Crippen molar-refractivity contribution in [2.75, 3.05) is 31.2 Å². The van der Waals surface area contributed by atoms with E-state index in [1.54, 1.807) is 0 Å². The van der Waals surface area contributed by atoms with Gasteiger partial charge in [-0.3, -0.25) is 0 Å². The highest BCUT2D eigenvalue weighted by atomic mass is 16.5. The molecule has 1 saturated heterocycles. The first-order chi connectivity index (χ1) is 7.83. The number of aryl methyl sites for hydroxylation is 1. The molecule has 84 valence electrons. The van der Waals surface area contributed by atoms with E-state index in [0.717, 1.165) is 37.4 Å².